The number of fused-ring (bicyclic) bond motifs is 1. The average molecular weight is 350 g/mol. The third kappa shape index (κ3) is 4.24. The number of carbonyl (C=O) groups excluding carboxylic acids is 1. The average Bonchev–Trinajstić information content (AvgIpc) is 3.31. The second kappa shape index (κ2) is 7.90. The Morgan fingerprint density at radius 3 is 2.77 bits per heavy atom. The highest BCUT2D eigenvalue weighted by molar-refractivity contribution is 5.78. The number of amides is 1. The fraction of sp³-hybridized carbons (Fsp3) is 0.455. The number of nitrogens with one attached hydrogen (secondary N) is 1. The van der Waals surface area contributed by atoms with E-state index in [0.29, 0.717) is 24.9 Å². The van der Waals surface area contributed by atoms with Crippen LogP contribution in [0, 0.1) is 0 Å². The molecule has 2 aromatic rings. The number of hydrogen-bond acceptors (Lipinski definition) is 3. The van der Waals surface area contributed by atoms with Gasteiger partial charge in [-0.3, -0.25) is 4.79 Å². The van der Waals surface area contributed by atoms with Gasteiger partial charge in [-0.05, 0) is 73.3 Å². The first-order valence-corrected chi connectivity index (χ1v) is 9.75. The van der Waals surface area contributed by atoms with E-state index in [2.05, 4.69) is 28.5 Å². The van der Waals surface area contributed by atoms with Gasteiger partial charge in [0.1, 0.15) is 6.10 Å². The van der Waals surface area contributed by atoms with E-state index in [1.807, 2.05) is 12.1 Å². The standard InChI is InChI=1S/C22H26N2O2/c25-21(13-16-8-9-18-4-3-5-19(18)12-16)24-15-17-10-11-23-22(14-17)26-20-6-1-2-7-20/h8-12,14,20H,1-7,13,15H2,(H,24,25). The van der Waals surface area contributed by atoms with Crippen molar-refractivity contribution in [1.82, 2.24) is 10.3 Å². The van der Waals surface area contributed by atoms with Gasteiger partial charge in [0.2, 0.25) is 11.8 Å². The van der Waals surface area contributed by atoms with Crippen molar-refractivity contribution in [3.8, 4) is 5.88 Å². The summed E-state index contributed by atoms with van der Waals surface area (Å²) in [6.45, 7) is 0.507. The van der Waals surface area contributed by atoms with Gasteiger partial charge in [0, 0.05) is 18.8 Å². The second-order valence-corrected chi connectivity index (χ2v) is 7.44. The molecular weight excluding hydrogens is 324 g/mol. The Bertz CT molecular complexity index is 781. The Morgan fingerprint density at radius 2 is 1.88 bits per heavy atom. The molecule has 1 heterocycles. The molecule has 0 radical (unpaired) electrons. The van der Waals surface area contributed by atoms with Crippen LogP contribution in [0.25, 0.3) is 0 Å². The van der Waals surface area contributed by atoms with Gasteiger partial charge in [0.15, 0.2) is 0 Å². The maximum absolute atomic E-state index is 12.3. The van der Waals surface area contributed by atoms with Crippen LogP contribution in [0.15, 0.2) is 36.5 Å². The van der Waals surface area contributed by atoms with Crippen molar-refractivity contribution in [2.24, 2.45) is 0 Å². The minimum absolute atomic E-state index is 0.0537. The van der Waals surface area contributed by atoms with Crippen molar-refractivity contribution in [2.45, 2.75) is 64.0 Å². The first kappa shape index (κ1) is 17.1. The number of nitrogens with zero attached hydrogens (tertiary/aromatic N) is 1. The summed E-state index contributed by atoms with van der Waals surface area (Å²) in [5.41, 5.74) is 4.98. The number of aryl methyl sites for hydroxylation is 2. The molecule has 1 amide bonds. The minimum atomic E-state index is 0.0537. The fourth-order valence-corrected chi connectivity index (χ4v) is 3.99. The van der Waals surface area contributed by atoms with Gasteiger partial charge in [0.25, 0.3) is 0 Å². The molecule has 4 heteroatoms. The minimum Gasteiger partial charge on any atom is -0.474 e. The molecule has 1 fully saturated rings. The molecule has 4 nitrogen and oxygen atoms in total. The zero-order valence-corrected chi connectivity index (χ0v) is 15.2. The predicted molar refractivity (Wildman–Crippen MR) is 101 cm³/mol. The van der Waals surface area contributed by atoms with Crippen LogP contribution >= 0.6 is 0 Å². The Labute approximate surface area is 155 Å². The molecule has 0 unspecified atom stereocenters. The maximum Gasteiger partial charge on any atom is 0.224 e. The molecule has 1 aromatic carbocycles. The van der Waals surface area contributed by atoms with E-state index in [0.717, 1.165) is 30.4 Å². The van der Waals surface area contributed by atoms with Crippen molar-refractivity contribution in [2.75, 3.05) is 0 Å². The summed E-state index contributed by atoms with van der Waals surface area (Å²) in [5.74, 6) is 0.722. The van der Waals surface area contributed by atoms with Crippen molar-refractivity contribution in [3.05, 3.63) is 58.8 Å². The van der Waals surface area contributed by atoms with Crippen molar-refractivity contribution in [3.63, 3.8) is 0 Å². The Morgan fingerprint density at radius 1 is 1.04 bits per heavy atom. The largest absolute Gasteiger partial charge is 0.474 e. The topological polar surface area (TPSA) is 51.2 Å². The molecule has 0 atom stereocenters. The van der Waals surface area contributed by atoms with Crippen LogP contribution in [-0.4, -0.2) is 17.0 Å². The summed E-state index contributed by atoms with van der Waals surface area (Å²) in [6, 6.07) is 10.3. The van der Waals surface area contributed by atoms with Crippen molar-refractivity contribution >= 4 is 5.91 Å². The molecule has 1 saturated carbocycles. The Hall–Kier alpha value is -2.36. The van der Waals surface area contributed by atoms with E-state index < -0.39 is 0 Å². The lowest BCUT2D eigenvalue weighted by molar-refractivity contribution is -0.120. The highest BCUT2D eigenvalue weighted by Crippen LogP contribution is 2.24. The molecule has 1 N–H and O–H groups in total. The smallest absolute Gasteiger partial charge is 0.224 e. The molecule has 2 aliphatic carbocycles. The summed E-state index contributed by atoms with van der Waals surface area (Å²) in [4.78, 5) is 16.6. The maximum atomic E-state index is 12.3. The molecule has 1 aromatic heterocycles. The van der Waals surface area contributed by atoms with Gasteiger partial charge in [-0.2, -0.15) is 0 Å². The highest BCUT2D eigenvalue weighted by Gasteiger charge is 2.17. The van der Waals surface area contributed by atoms with Gasteiger partial charge >= 0.3 is 0 Å². The van der Waals surface area contributed by atoms with Crippen LogP contribution in [0.2, 0.25) is 0 Å². The zero-order chi connectivity index (χ0) is 17.8. The number of aromatic nitrogens is 1. The summed E-state index contributed by atoms with van der Waals surface area (Å²) in [7, 11) is 0. The third-order valence-corrected chi connectivity index (χ3v) is 5.41. The van der Waals surface area contributed by atoms with Gasteiger partial charge in [-0.1, -0.05) is 18.2 Å². The Kier molecular flexibility index (Phi) is 5.19. The fourth-order valence-electron chi connectivity index (χ4n) is 3.99. The molecule has 26 heavy (non-hydrogen) atoms. The van der Waals surface area contributed by atoms with Crippen molar-refractivity contribution in [1.29, 1.82) is 0 Å². The van der Waals surface area contributed by atoms with Crippen LogP contribution in [0.1, 0.15) is 54.4 Å². The van der Waals surface area contributed by atoms with Gasteiger partial charge in [-0.15, -0.1) is 0 Å². The monoisotopic (exact) mass is 350 g/mol. The van der Waals surface area contributed by atoms with Crippen molar-refractivity contribution < 1.29 is 9.53 Å². The second-order valence-electron chi connectivity index (χ2n) is 7.44. The highest BCUT2D eigenvalue weighted by atomic mass is 16.5. The first-order valence-electron chi connectivity index (χ1n) is 9.75. The first-order chi connectivity index (χ1) is 12.8. The third-order valence-electron chi connectivity index (χ3n) is 5.41. The molecule has 0 saturated heterocycles. The number of carbonyl (C=O) groups is 1. The normalized spacial score (nSPS) is 16.5. The van der Waals surface area contributed by atoms with E-state index in [1.54, 1.807) is 6.20 Å². The van der Waals surface area contributed by atoms with Crippen LogP contribution in [-0.2, 0) is 30.6 Å². The lowest BCUT2D eigenvalue weighted by Gasteiger charge is -2.13. The van der Waals surface area contributed by atoms with Gasteiger partial charge in [0.05, 0.1) is 6.42 Å². The summed E-state index contributed by atoms with van der Waals surface area (Å²) >= 11 is 0. The van der Waals surface area contributed by atoms with Crippen LogP contribution in [0.4, 0.5) is 0 Å². The summed E-state index contributed by atoms with van der Waals surface area (Å²) < 4.78 is 5.94. The number of rotatable bonds is 6. The van der Waals surface area contributed by atoms with Gasteiger partial charge in [-0.25, -0.2) is 4.98 Å². The summed E-state index contributed by atoms with van der Waals surface area (Å²) in [6.07, 6.45) is 10.8. The number of pyridine rings is 1. The molecule has 0 bridgehead atoms. The van der Waals surface area contributed by atoms with E-state index in [9.17, 15) is 4.79 Å². The zero-order valence-electron chi connectivity index (χ0n) is 15.2. The van der Waals surface area contributed by atoms with E-state index >= 15 is 0 Å². The molecule has 0 aliphatic heterocycles. The lowest BCUT2D eigenvalue weighted by Crippen LogP contribution is -2.24. The summed E-state index contributed by atoms with van der Waals surface area (Å²) in [5, 5.41) is 3.01. The molecule has 2 aliphatic rings. The SMILES string of the molecule is O=C(Cc1ccc2c(c1)CCC2)NCc1ccnc(OC2CCCC2)c1. The van der Waals surface area contributed by atoms with E-state index in [1.165, 1.54) is 36.8 Å². The molecule has 4 rings (SSSR count). The van der Waals surface area contributed by atoms with E-state index in [-0.39, 0.29) is 5.91 Å². The van der Waals surface area contributed by atoms with Crippen LogP contribution < -0.4 is 10.1 Å². The van der Waals surface area contributed by atoms with Gasteiger partial charge < -0.3 is 10.1 Å². The van der Waals surface area contributed by atoms with E-state index in [4.69, 9.17) is 4.74 Å². The molecule has 0 spiro atoms. The lowest BCUT2D eigenvalue weighted by atomic mass is 10.0. The molecule has 136 valence electrons. The number of benzene rings is 1. The quantitative estimate of drug-likeness (QED) is 0.863. The van der Waals surface area contributed by atoms with Crippen LogP contribution in [0.3, 0.4) is 0 Å². The molecular formula is C22H26N2O2. The Balaban J connectivity index is 1.30. The predicted octanol–water partition coefficient (Wildman–Crippen LogP) is 3.75. The number of ether oxygens (including phenoxy) is 1. The number of hydrogen-bond donors (Lipinski definition) is 1. The van der Waals surface area contributed by atoms with Crippen LogP contribution in [0.5, 0.6) is 5.88 Å².